The van der Waals surface area contributed by atoms with Gasteiger partial charge in [-0.2, -0.15) is 0 Å². The number of hydrogen-bond donors (Lipinski definition) is 2. The average Bonchev–Trinajstić information content (AvgIpc) is 2.84. The number of hydrogen-bond acceptors (Lipinski definition) is 2. The second-order valence-electron chi connectivity index (χ2n) is 3.42. The van der Waals surface area contributed by atoms with Crippen LogP contribution in [0.4, 0.5) is 0 Å². The lowest BCUT2D eigenvalue weighted by molar-refractivity contribution is -0.120. The zero-order valence-corrected chi connectivity index (χ0v) is 7.73. The summed E-state index contributed by atoms with van der Waals surface area (Å²) in [5, 5.41) is 5.97. The second-order valence-corrected chi connectivity index (χ2v) is 3.42. The molecule has 12 heavy (non-hydrogen) atoms. The Labute approximate surface area is 73.9 Å². The Bertz CT molecular complexity index is 143. The third-order valence-corrected chi connectivity index (χ3v) is 1.99. The first kappa shape index (κ1) is 9.52. The highest BCUT2D eigenvalue weighted by atomic mass is 16.1. The van der Waals surface area contributed by atoms with E-state index in [4.69, 9.17) is 0 Å². The average molecular weight is 170 g/mol. The maximum absolute atomic E-state index is 11.0. The molecule has 1 rings (SSSR count). The van der Waals surface area contributed by atoms with Gasteiger partial charge >= 0.3 is 0 Å². The van der Waals surface area contributed by atoms with Crippen LogP contribution < -0.4 is 10.6 Å². The standard InChI is InChI=1S/C9H18N2O/c1-2-5-11-9(12)7-10-6-8-3-4-8/h8,10H,2-7H2,1H3,(H,11,12). The van der Waals surface area contributed by atoms with E-state index in [-0.39, 0.29) is 5.91 Å². The molecule has 0 aliphatic heterocycles. The molecule has 0 aromatic heterocycles. The van der Waals surface area contributed by atoms with E-state index in [1.54, 1.807) is 0 Å². The Balaban J connectivity index is 1.86. The van der Waals surface area contributed by atoms with Crippen LogP contribution in [-0.2, 0) is 4.79 Å². The Kier molecular flexibility index (Phi) is 4.08. The van der Waals surface area contributed by atoms with Crippen LogP contribution in [0.2, 0.25) is 0 Å². The van der Waals surface area contributed by atoms with Crippen molar-refractivity contribution in [1.82, 2.24) is 10.6 Å². The van der Waals surface area contributed by atoms with Crippen molar-refractivity contribution in [3.63, 3.8) is 0 Å². The molecule has 1 amide bonds. The van der Waals surface area contributed by atoms with Gasteiger partial charge < -0.3 is 10.6 Å². The summed E-state index contributed by atoms with van der Waals surface area (Å²) in [6, 6.07) is 0. The van der Waals surface area contributed by atoms with E-state index in [1.807, 2.05) is 0 Å². The normalized spacial score (nSPS) is 16.1. The number of nitrogens with one attached hydrogen (secondary N) is 2. The molecule has 0 aromatic rings. The molecule has 0 heterocycles. The van der Waals surface area contributed by atoms with Crippen LogP contribution in [0.1, 0.15) is 26.2 Å². The largest absolute Gasteiger partial charge is 0.355 e. The fourth-order valence-corrected chi connectivity index (χ4v) is 1.04. The topological polar surface area (TPSA) is 41.1 Å². The van der Waals surface area contributed by atoms with Crippen molar-refractivity contribution in [3.05, 3.63) is 0 Å². The SMILES string of the molecule is CCCNC(=O)CNCC1CC1. The summed E-state index contributed by atoms with van der Waals surface area (Å²) < 4.78 is 0. The highest BCUT2D eigenvalue weighted by molar-refractivity contribution is 5.77. The Morgan fingerprint density at radius 3 is 2.83 bits per heavy atom. The van der Waals surface area contributed by atoms with Crippen LogP contribution in [0.5, 0.6) is 0 Å². The highest BCUT2D eigenvalue weighted by Crippen LogP contribution is 2.27. The molecular formula is C9H18N2O. The van der Waals surface area contributed by atoms with E-state index < -0.39 is 0 Å². The first-order valence-electron chi connectivity index (χ1n) is 4.80. The number of amides is 1. The van der Waals surface area contributed by atoms with Crippen molar-refractivity contribution in [3.8, 4) is 0 Å². The third-order valence-electron chi connectivity index (χ3n) is 1.99. The minimum Gasteiger partial charge on any atom is -0.355 e. The summed E-state index contributed by atoms with van der Waals surface area (Å²) in [7, 11) is 0. The van der Waals surface area contributed by atoms with Gasteiger partial charge in [0.1, 0.15) is 0 Å². The third kappa shape index (κ3) is 4.34. The number of carbonyl (C=O) groups excluding carboxylic acids is 1. The van der Waals surface area contributed by atoms with Gasteiger partial charge in [0.15, 0.2) is 0 Å². The van der Waals surface area contributed by atoms with Crippen molar-refractivity contribution in [2.45, 2.75) is 26.2 Å². The van der Waals surface area contributed by atoms with E-state index >= 15 is 0 Å². The van der Waals surface area contributed by atoms with Gasteiger partial charge in [-0.25, -0.2) is 0 Å². The van der Waals surface area contributed by atoms with Crippen molar-refractivity contribution in [2.75, 3.05) is 19.6 Å². The molecule has 0 spiro atoms. The van der Waals surface area contributed by atoms with Crippen molar-refractivity contribution < 1.29 is 4.79 Å². The molecule has 1 fully saturated rings. The van der Waals surface area contributed by atoms with Crippen molar-refractivity contribution >= 4 is 5.91 Å². The minimum absolute atomic E-state index is 0.123. The summed E-state index contributed by atoms with van der Waals surface area (Å²) in [5.74, 6) is 0.974. The molecule has 1 aliphatic carbocycles. The zero-order valence-electron chi connectivity index (χ0n) is 7.73. The Morgan fingerprint density at radius 2 is 2.25 bits per heavy atom. The van der Waals surface area contributed by atoms with Crippen LogP contribution in [0.25, 0.3) is 0 Å². The molecule has 2 N–H and O–H groups in total. The second kappa shape index (κ2) is 5.14. The van der Waals surface area contributed by atoms with Gasteiger partial charge in [-0.1, -0.05) is 6.92 Å². The van der Waals surface area contributed by atoms with E-state index in [0.717, 1.165) is 25.4 Å². The monoisotopic (exact) mass is 170 g/mol. The van der Waals surface area contributed by atoms with Crippen LogP contribution >= 0.6 is 0 Å². The molecule has 0 bridgehead atoms. The first-order valence-corrected chi connectivity index (χ1v) is 4.80. The van der Waals surface area contributed by atoms with E-state index in [1.165, 1.54) is 12.8 Å². The minimum atomic E-state index is 0.123. The summed E-state index contributed by atoms with van der Waals surface area (Å²) >= 11 is 0. The lowest BCUT2D eigenvalue weighted by Crippen LogP contribution is -2.34. The zero-order chi connectivity index (χ0) is 8.81. The molecule has 1 aliphatic rings. The number of rotatable bonds is 6. The predicted octanol–water partition coefficient (Wildman–Crippen LogP) is 0.512. The summed E-state index contributed by atoms with van der Waals surface area (Å²) in [6.45, 7) is 4.35. The Hall–Kier alpha value is -0.570. The van der Waals surface area contributed by atoms with Gasteiger partial charge in [0.05, 0.1) is 6.54 Å². The molecule has 0 aromatic carbocycles. The van der Waals surface area contributed by atoms with E-state index in [0.29, 0.717) is 6.54 Å². The molecule has 1 saturated carbocycles. The van der Waals surface area contributed by atoms with Gasteiger partial charge in [-0.05, 0) is 31.7 Å². The number of carbonyl (C=O) groups is 1. The van der Waals surface area contributed by atoms with Gasteiger partial charge in [-0.3, -0.25) is 4.79 Å². The van der Waals surface area contributed by atoms with Crippen LogP contribution in [0.3, 0.4) is 0 Å². The van der Waals surface area contributed by atoms with Gasteiger partial charge in [0.25, 0.3) is 0 Å². The van der Waals surface area contributed by atoms with Crippen LogP contribution in [0, 0.1) is 5.92 Å². The predicted molar refractivity (Wildman–Crippen MR) is 48.9 cm³/mol. The Morgan fingerprint density at radius 1 is 1.50 bits per heavy atom. The fourth-order valence-electron chi connectivity index (χ4n) is 1.04. The maximum atomic E-state index is 11.0. The van der Waals surface area contributed by atoms with E-state index in [2.05, 4.69) is 17.6 Å². The first-order chi connectivity index (χ1) is 5.83. The molecule has 3 nitrogen and oxygen atoms in total. The van der Waals surface area contributed by atoms with Crippen molar-refractivity contribution in [2.24, 2.45) is 5.92 Å². The lowest BCUT2D eigenvalue weighted by atomic mass is 10.4. The summed E-state index contributed by atoms with van der Waals surface area (Å²) in [4.78, 5) is 11.0. The molecule has 0 saturated heterocycles. The fraction of sp³-hybridized carbons (Fsp3) is 0.889. The maximum Gasteiger partial charge on any atom is 0.233 e. The molecule has 70 valence electrons. The molecule has 0 radical (unpaired) electrons. The smallest absolute Gasteiger partial charge is 0.233 e. The van der Waals surface area contributed by atoms with E-state index in [9.17, 15) is 4.79 Å². The van der Waals surface area contributed by atoms with Gasteiger partial charge in [0, 0.05) is 6.54 Å². The van der Waals surface area contributed by atoms with Crippen LogP contribution in [0.15, 0.2) is 0 Å². The van der Waals surface area contributed by atoms with Crippen molar-refractivity contribution in [1.29, 1.82) is 0 Å². The lowest BCUT2D eigenvalue weighted by Gasteiger charge is -2.04. The highest BCUT2D eigenvalue weighted by Gasteiger charge is 2.20. The summed E-state index contributed by atoms with van der Waals surface area (Å²) in [6.07, 6.45) is 3.68. The quantitative estimate of drug-likeness (QED) is 0.610. The molecule has 0 unspecified atom stereocenters. The molecule has 3 heteroatoms. The van der Waals surface area contributed by atoms with Gasteiger partial charge in [0.2, 0.25) is 5.91 Å². The molecule has 0 atom stereocenters. The van der Waals surface area contributed by atoms with Crippen LogP contribution in [-0.4, -0.2) is 25.5 Å². The van der Waals surface area contributed by atoms with Gasteiger partial charge in [-0.15, -0.1) is 0 Å². The summed E-state index contributed by atoms with van der Waals surface area (Å²) in [5.41, 5.74) is 0. The molecular weight excluding hydrogens is 152 g/mol.